The van der Waals surface area contributed by atoms with Crippen LogP contribution in [0.5, 0.6) is 0 Å². The number of ether oxygens (including phenoxy) is 1. The molecule has 0 aliphatic rings. The molecule has 0 aromatic heterocycles. The summed E-state index contributed by atoms with van der Waals surface area (Å²) in [5, 5.41) is 12.6. The Bertz CT molecular complexity index is 176. The third kappa shape index (κ3) is 12.2. The molecule has 0 bridgehead atoms. The molecule has 0 aliphatic carbocycles. The van der Waals surface area contributed by atoms with Crippen LogP contribution in [0.3, 0.4) is 0 Å². The summed E-state index contributed by atoms with van der Waals surface area (Å²) in [5.74, 6) is 0. The summed E-state index contributed by atoms with van der Waals surface area (Å²) in [6.45, 7) is 8.26. The molecule has 0 heterocycles. The van der Waals surface area contributed by atoms with Gasteiger partial charge in [-0.3, -0.25) is 0 Å². The van der Waals surface area contributed by atoms with Crippen LogP contribution in [0.2, 0.25) is 0 Å². The highest BCUT2D eigenvalue weighted by molar-refractivity contribution is 9.11. The van der Waals surface area contributed by atoms with E-state index in [1.54, 1.807) is 0 Å². The van der Waals surface area contributed by atoms with Crippen LogP contribution in [-0.4, -0.2) is 37.5 Å². The minimum atomic E-state index is -0.432. The van der Waals surface area contributed by atoms with Crippen LogP contribution in [0, 0.1) is 0 Å². The number of aliphatic hydroxyl groups excluding tert-OH is 1. The highest BCUT2D eigenvalue weighted by Gasteiger charge is 2.03. The number of nitrogens with one attached hydrogen (secondary N) is 1. The molecule has 3 nitrogen and oxygen atoms in total. The standard InChI is InChI=1S/C12H24BrNO2/c1-3-4-5-6-7-16-10-12(15)9-14-8-11(2)13/h12,14-15H,2-10H2,1H3. The molecule has 0 saturated heterocycles. The predicted octanol–water partition coefficient (Wildman–Crippen LogP) is 2.44. The average Bonchev–Trinajstić information content (AvgIpc) is 2.22. The Morgan fingerprint density at radius 1 is 1.44 bits per heavy atom. The summed E-state index contributed by atoms with van der Waals surface area (Å²) in [5.41, 5.74) is 0. The van der Waals surface area contributed by atoms with E-state index in [1.165, 1.54) is 19.3 Å². The van der Waals surface area contributed by atoms with E-state index in [1.807, 2.05) is 0 Å². The predicted molar refractivity (Wildman–Crippen MR) is 71.9 cm³/mol. The molecule has 0 amide bonds. The van der Waals surface area contributed by atoms with Gasteiger partial charge in [-0.2, -0.15) is 0 Å². The van der Waals surface area contributed by atoms with Crippen molar-refractivity contribution in [1.29, 1.82) is 0 Å². The van der Waals surface area contributed by atoms with Gasteiger partial charge in [-0.15, -0.1) is 0 Å². The highest BCUT2D eigenvalue weighted by Crippen LogP contribution is 1.99. The molecule has 0 fully saturated rings. The lowest BCUT2D eigenvalue weighted by Gasteiger charge is -2.12. The lowest BCUT2D eigenvalue weighted by atomic mass is 10.2. The quantitative estimate of drug-likeness (QED) is 0.575. The molecule has 16 heavy (non-hydrogen) atoms. The smallest absolute Gasteiger partial charge is 0.0897 e. The van der Waals surface area contributed by atoms with Gasteiger partial charge in [0, 0.05) is 24.2 Å². The van der Waals surface area contributed by atoms with E-state index < -0.39 is 6.10 Å². The lowest BCUT2D eigenvalue weighted by molar-refractivity contribution is 0.0359. The normalized spacial score (nSPS) is 12.7. The van der Waals surface area contributed by atoms with Crippen LogP contribution >= 0.6 is 15.9 Å². The molecule has 0 saturated carbocycles. The van der Waals surface area contributed by atoms with Gasteiger partial charge < -0.3 is 15.2 Å². The third-order valence-corrected chi connectivity index (χ3v) is 2.43. The van der Waals surface area contributed by atoms with E-state index in [0.29, 0.717) is 19.7 Å². The van der Waals surface area contributed by atoms with Gasteiger partial charge in [0.25, 0.3) is 0 Å². The largest absolute Gasteiger partial charge is 0.389 e. The zero-order valence-electron chi connectivity index (χ0n) is 10.2. The van der Waals surface area contributed by atoms with Crippen LogP contribution in [0.1, 0.15) is 32.6 Å². The second-order valence-electron chi connectivity index (χ2n) is 3.94. The van der Waals surface area contributed by atoms with E-state index >= 15 is 0 Å². The van der Waals surface area contributed by atoms with Gasteiger partial charge in [0.1, 0.15) is 0 Å². The molecule has 96 valence electrons. The van der Waals surface area contributed by atoms with Crippen LogP contribution in [0.4, 0.5) is 0 Å². The maximum atomic E-state index is 9.53. The molecule has 0 rings (SSSR count). The summed E-state index contributed by atoms with van der Waals surface area (Å²) in [6.07, 6.45) is 4.38. The van der Waals surface area contributed by atoms with Crippen molar-refractivity contribution in [2.75, 3.05) is 26.3 Å². The molecular formula is C12H24BrNO2. The van der Waals surface area contributed by atoms with Crippen molar-refractivity contribution >= 4 is 15.9 Å². The summed E-state index contributed by atoms with van der Waals surface area (Å²) in [4.78, 5) is 0. The summed E-state index contributed by atoms with van der Waals surface area (Å²) in [7, 11) is 0. The molecular weight excluding hydrogens is 270 g/mol. The Balaban J connectivity index is 3.17. The molecule has 0 aromatic rings. The molecule has 0 aliphatic heterocycles. The number of halogens is 1. The van der Waals surface area contributed by atoms with Gasteiger partial charge in [-0.05, 0) is 6.42 Å². The fourth-order valence-corrected chi connectivity index (χ4v) is 1.48. The molecule has 0 radical (unpaired) electrons. The first-order valence-electron chi connectivity index (χ1n) is 5.96. The zero-order valence-corrected chi connectivity index (χ0v) is 11.8. The number of aliphatic hydroxyl groups is 1. The van der Waals surface area contributed by atoms with Crippen molar-refractivity contribution in [2.45, 2.75) is 38.7 Å². The molecule has 1 unspecified atom stereocenters. The van der Waals surface area contributed by atoms with Crippen LogP contribution in [0.25, 0.3) is 0 Å². The highest BCUT2D eigenvalue weighted by atomic mass is 79.9. The molecule has 0 spiro atoms. The number of hydrogen-bond acceptors (Lipinski definition) is 3. The van der Waals surface area contributed by atoms with Crippen molar-refractivity contribution in [3.8, 4) is 0 Å². The summed E-state index contributed by atoms with van der Waals surface area (Å²) < 4.78 is 6.26. The number of unbranched alkanes of at least 4 members (excludes halogenated alkanes) is 3. The van der Waals surface area contributed by atoms with Crippen molar-refractivity contribution in [1.82, 2.24) is 5.32 Å². The summed E-state index contributed by atoms with van der Waals surface area (Å²) in [6, 6.07) is 0. The van der Waals surface area contributed by atoms with Crippen LogP contribution < -0.4 is 5.32 Å². The fourth-order valence-electron chi connectivity index (χ4n) is 1.28. The van der Waals surface area contributed by atoms with Gasteiger partial charge in [0.15, 0.2) is 0 Å². The Morgan fingerprint density at radius 3 is 2.81 bits per heavy atom. The van der Waals surface area contributed by atoms with Crippen molar-refractivity contribution in [3.63, 3.8) is 0 Å². The Hall–Kier alpha value is 0.1000. The van der Waals surface area contributed by atoms with E-state index in [0.717, 1.165) is 17.5 Å². The van der Waals surface area contributed by atoms with Gasteiger partial charge in [-0.25, -0.2) is 0 Å². The summed E-state index contributed by atoms with van der Waals surface area (Å²) >= 11 is 3.24. The van der Waals surface area contributed by atoms with Gasteiger partial charge in [0.05, 0.1) is 12.7 Å². The third-order valence-electron chi connectivity index (χ3n) is 2.15. The van der Waals surface area contributed by atoms with Crippen LogP contribution in [-0.2, 0) is 4.74 Å². The number of rotatable bonds is 11. The first-order chi connectivity index (χ1) is 7.66. The van der Waals surface area contributed by atoms with Gasteiger partial charge >= 0.3 is 0 Å². The Labute approximate surface area is 107 Å². The van der Waals surface area contributed by atoms with Crippen molar-refractivity contribution < 1.29 is 9.84 Å². The molecule has 1 atom stereocenters. The van der Waals surface area contributed by atoms with E-state index in [-0.39, 0.29) is 0 Å². The SMILES string of the molecule is C=C(Br)CNCC(O)COCCCCCC. The van der Waals surface area contributed by atoms with Crippen molar-refractivity contribution in [3.05, 3.63) is 11.1 Å². The average molecular weight is 294 g/mol. The van der Waals surface area contributed by atoms with E-state index in [4.69, 9.17) is 4.74 Å². The van der Waals surface area contributed by atoms with Crippen LogP contribution in [0.15, 0.2) is 11.1 Å². The topological polar surface area (TPSA) is 41.5 Å². The second-order valence-corrected chi connectivity index (χ2v) is 5.06. The fraction of sp³-hybridized carbons (Fsp3) is 0.833. The second kappa shape index (κ2) is 11.6. The van der Waals surface area contributed by atoms with Gasteiger partial charge in [0.2, 0.25) is 0 Å². The lowest BCUT2D eigenvalue weighted by Crippen LogP contribution is -2.31. The Morgan fingerprint density at radius 2 is 2.19 bits per heavy atom. The molecule has 0 aromatic carbocycles. The first kappa shape index (κ1) is 16.1. The monoisotopic (exact) mass is 293 g/mol. The maximum Gasteiger partial charge on any atom is 0.0897 e. The minimum absolute atomic E-state index is 0.411. The number of hydrogen-bond donors (Lipinski definition) is 2. The van der Waals surface area contributed by atoms with Gasteiger partial charge in [-0.1, -0.05) is 48.7 Å². The first-order valence-corrected chi connectivity index (χ1v) is 6.76. The Kier molecular flexibility index (Phi) is 11.7. The van der Waals surface area contributed by atoms with E-state index in [9.17, 15) is 5.11 Å². The molecule has 2 N–H and O–H groups in total. The minimum Gasteiger partial charge on any atom is -0.389 e. The van der Waals surface area contributed by atoms with E-state index in [2.05, 4.69) is 34.7 Å². The van der Waals surface area contributed by atoms with Crippen molar-refractivity contribution in [2.24, 2.45) is 0 Å². The maximum absolute atomic E-state index is 9.53. The molecule has 4 heteroatoms. The zero-order chi connectivity index (χ0) is 12.2.